The Balaban J connectivity index is 2.72. The lowest BCUT2D eigenvalue weighted by atomic mass is 10.3. The molecule has 0 bridgehead atoms. The summed E-state index contributed by atoms with van der Waals surface area (Å²) in [6.07, 6.45) is 3.75. The zero-order valence-corrected chi connectivity index (χ0v) is 9.75. The van der Waals surface area contributed by atoms with E-state index in [0.29, 0.717) is 11.6 Å². The third-order valence-electron chi connectivity index (χ3n) is 1.93. The first-order valence-electron chi connectivity index (χ1n) is 5.09. The van der Waals surface area contributed by atoms with E-state index in [0.717, 1.165) is 19.4 Å². The Kier molecular flexibility index (Phi) is 4.62. The predicted molar refractivity (Wildman–Crippen MR) is 58.1 cm³/mol. The number of aryl methyl sites for hydroxylation is 1. The number of hydrogen-bond donors (Lipinski definition) is 0. The van der Waals surface area contributed by atoms with Crippen LogP contribution in [0.15, 0.2) is 6.20 Å². The molecule has 0 amide bonds. The van der Waals surface area contributed by atoms with Gasteiger partial charge in [-0.3, -0.25) is 4.68 Å². The van der Waals surface area contributed by atoms with Crippen LogP contribution in [0.3, 0.4) is 0 Å². The van der Waals surface area contributed by atoms with Gasteiger partial charge in [0.2, 0.25) is 0 Å². The summed E-state index contributed by atoms with van der Waals surface area (Å²) in [4.78, 5) is 11.4. The fourth-order valence-corrected chi connectivity index (χ4v) is 1.40. The number of ether oxygens (including phenoxy) is 1. The predicted octanol–water partition coefficient (Wildman–Crippen LogP) is 2.51. The van der Waals surface area contributed by atoms with Crippen LogP contribution < -0.4 is 0 Å². The van der Waals surface area contributed by atoms with E-state index in [1.54, 1.807) is 17.8 Å². The van der Waals surface area contributed by atoms with Gasteiger partial charge in [-0.15, -0.1) is 0 Å². The van der Waals surface area contributed by atoms with Crippen molar-refractivity contribution in [3.63, 3.8) is 0 Å². The zero-order valence-electron chi connectivity index (χ0n) is 8.99. The number of aromatic nitrogens is 2. The minimum atomic E-state index is -0.460. The molecule has 0 saturated carbocycles. The number of carbonyl (C=O) groups excluding carboxylic acids is 1. The molecule has 0 N–H and O–H groups in total. The normalized spacial score (nSPS) is 10.3. The van der Waals surface area contributed by atoms with E-state index < -0.39 is 5.97 Å². The van der Waals surface area contributed by atoms with Gasteiger partial charge in [0.15, 0.2) is 5.69 Å². The monoisotopic (exact) mass is 230 g/mol. The van der Waals surface area contributed by atoms with Crippen molar-refractivity contribution in [3.8, 4) is 0 Å². The van der Waals surface area contributed by atoms with Crippen molar-refractivity contribution in [2.75, 3.05) is 6.61 Å². The Morgan fingerprint density at radius 1 is 1.60 bits per heavy atom. The van der Waals surface area contributed by atoms with Gasteiger partial charge in [-0.25, -0.2) is 4.79 Å². The highest BCUT2D eigenvalue weighted by Gasteiger charge is 2.16. The molecule has 1 aromatic heterocycles. The molecule has 0 spiro atoms. The average molecular weight is 231 g/mol. The van der Waals surface area contributed by atoms with Gasteiger partial charge < -0.3 is 4.74 Å². The molecule has 0 aliphatic heterocycles. The summed E-state index contributed by atoms with van der Waals surface area (Å²) >= 11 is 5.87. The number of unbranched alkanes of at least 4 members (excludes halogenated alkanes) is 1. The first kappa shape index (κ1) is 12.0. The van der Waals surface area contributed by atoms with Crippen LogP contribution in [0.2, 0.25) is 5.02 Å². The van der Waals surface area contributed by atoms with Crippen molar-refractivity contribution in [1.82, 2.24) is 9.78 Å². The van der Waals surface area contributed by atoms with Crippen LogP contribution >= 0.6 is 11.6 Å². The lowest BCUT2D eigenvalue weighted by Crippen LogP contribution is -2.07. The number of rotatable bonds is 5. The highest BCUT2D eigenvalue weighted by atomic mass is 35.5. The van der Waals surface area contributed by atoms with Crippen molar-refractivity contribution in [1.29, 1.82) is 0 Å². The molecule has 0 aliphatic rings. The molecule has 4 nitrogen and oxygen atoms in total. The molecule has 0 atom stereocenters. The Bertz CT molecular complexity index is 336. The molecule has 5 heteroatoms. The van der Waals surface area contributed by atoms with Crippen LogP contribution in [-0.4, -0.2) is 22.4 Å². The van der Waals surface area contributed by atoms with E-state index in [4.69, 9.17) is 16.3 Å². The average Bonchev–Trinajstić information content (AvgIpc) is 2.57. The van der Waals surface area contributed by atoms with Gasteiger partial charge >= 0.3 is 5.97 Å². The maximum absolute atomic E-state index is 11.4. The lowest BCUT2D eigenvalue weighted by Gasteiger charge is -1.98. The van der Waals surface area contributed by atoms with Gasteiger partial charge in [0.05, 0.1) is 11.6 Å². The van der Waals surface area contributed by atoms with Crippen LogP contribution in [-0.2, 0) is 11.3 Å². The number of carbonyl (C=O) groups is 1. The standard InChI is InChI=1S/C10H15ClN2O2/c1-3-5-6-13-7-8(11)9(12-13)10(14)15-4-2/h7H,3-6H2,1-2H3. The molecule has 0 saturated heterocycles. The van der Waals surface area contributed by atoms with Crippen molar-refractivity contribution >= 4 is 17.6 Å². The summed E-state index contributed by atoms with van der Waals surface area (Å²) in [6, 6.07) is 0. The summed E-state index contributed by atoms with van der Waals surface area (Å²) in [5, 5.41) is 4.43. The molecular weight excluding hydrogens is 216 g/mol. The number of hydrogen-bond acceptors (Lipinski definition) is 3. The minimum absolute atomic E-state index is 0.203. The zero-order chi connectivity index (χ0) is 11.3. The van der Waals surface area contributed by atoms with Crippen LogP contribution in [0.25, 0.3) is 0 Å². The molecule has 0 aliphatic carbocycles. The van der Waals surface area contributed by atoms with E-state index in [9.17, 15) is 4.79 Å². The van der Waals surface area contributed by atoms with E-state index in [2.05, 4.69) is 12.0 Å². The van der Waals surface area contributed by atoms with Gasteiger partial charge in [0.25, 0.3) is 0 Å². The van der Waals surface area contributed by atoms with Crippen LogP contribution in [0.1, 0.15) is 37.2 Å². The Labute approximate surface area is 94.2 Å². The van der Waals surface area contributed by atoms with E-state index >= 15 is 0 Å². The second-order valence-electron chi connectivity index (χ2n) is 3.16. The topological polar surface area (TPSA) is 44.1 Å². The van der Waals surface area contributed by atoms with E-state index in [-0.39, 0.29) is 5.69 Å². The molecular formula is C10H15ClN2O2. The van der Waals surface area contributed by atoms with Crippen molar-refractivity contribution < 1.29 is 9.53 Å². The summed E-state index contributed by atoms with van der Waals surface area (Å²) < 4.78 is 6.51. The van der Waals surface area contributed by atoms with Crippen molar-refractivity contribution in [3.05, 3.63) is 16.9 Å². The SMILES string of the molecule is CCCCn1cc(Cl)c(C(=O)OCC)n1. The molecule has 0 fully saturated rings. The largest absolute Gasteiger partial charge is 0.461 e. The van der Waals surface area contributed by atoms with Crippen LogP contribution in [0.5, 0.6) is 0 Å². The van der Waals surface area contributed by atoms with Gasteiger partial charge in [0.1, 0.15) is 0 Å². The first-order chi connectivity index (χ1) is 7.19. The highest BCUT2D eigenvalue weighted by Crippen LogP contribution is 2.15. The van der Waals surface area contributed by atoms with E-state index in [1.807, 2.05) is 0 Å². The third-order valence-corrected chi connectivity index (χ3v) is 2.20. The van der Waals surface area contributed by atoms with Gasteiger partial charge in [-0.2, -0.15) is 5.10 Å². The summed E-state index contributed by atoms with van der Waals surface area (Å²) in [5.74, 6) is -0.460. The summed E-state index contributed by atoms with van der Waals surface area (Å²) in [7, 11) is 0. The first-order valence-corrected chi connectivity index (χ1v) is 5.46. The van der Waals surface area contributed by atoms with Gasteiger partial charge in [-0.1, -0.05) is 24.9 Å². The molecule has 0 aromatic carbocycles. The molecule has 0 unspecified atom stereocenters. The van der Waals surface area contributed by atoms with E-state index in [1.165, 1.54) is 0 Å². The third kappa shape index (κ3) is 3.23. The molecule has 0 radical (unpaired) electrons. The van der Waals surface area contributed by atoms with Crippen LogP contribution in [0.4, 0.5) is 0 Å². The Morgan fingerprint density at radius 2 is 2.33 bits per heavy atom. The fourth-order valence-electron chi connectivity index (χ4n) is 1.17. The molecule has 15 heavy (non-hydrogen) atoms. The van der Waals surface area contributed by atoms with Gasteiger partial charge in [0, 0.05) is 12.7 Å². The molecule has 1 rings (SSSR count). The highest BCUT2D eigenvalue weighted by molar-refractivity contribution is 6.33. The number of halogens is 1. The number of nitrogens with zero attached hydrogens (tertiary/aromatic N) is 2. The lowest BCUT2D eigenvalue weighted by molar-refractivity contribution is 0.0518. The summed E-state index contributed by atoms with van der Waals surface area (Å²) in [6.45, 7) is 4.95. The molecule has 1 heterocycles. The maximum Gasteiger partial charge on any atom is 0.360 e. The number of esters is 1. The second-order valence-corrected chi connectivity index (χ2v) is 3.57. The van der Waals surface area contributed by atoms with Gasteiger partial charge in [-0.05, 0) is 13.3 Å². The second kappa shape index (κ2) is 5.75. The summed E-state index contributed by atoms with van der Waals surface area (Å²) in [5.41, 5.74) is 0.203. The fraction of sp³-hybridized carbons (Fsp3) is 0.600. The smallest absolute Gasteiger partial charge is 0.360 e. The molecule has 1 aromatic rings. The quantitative estimate of drug-likeness (QED) is 0.730. The van der Waals surface area contributed by atoms with Crippen molar-refractivity contribution in [2.24, 2.45) is 0 Å². The Morgan fingerprint density at radius 3 is 2.93 bits per heavy atom. The Hall–Kier alpha value is -1.03. The van der Waals surface area contributed by atoms with Crippen LogP contribution in [0, 0.1) is 0 Å². The molecule has 84 valence electrons. The maximum atomic E-state index is 11.4. The minimum Gasteiger partial charge on any atom is -0.461 e. The van der Waals surface area contributed by atoms with Crippen molar-refractivity contribution in [2.45, 2.75) is 33.2 Å².